The lowest BCUT2D eigenvalue weighted by Gasteiger charge is -2.19. The largest absolute Gasteiger partial charge is 0.308 e. The van der Waals surface area contributed by atoms with Crippen LogP contribution < -0.4 is 5.32 Å². The average molecular weight is 323 g/mol. The number of H-pyrrole nitrogens is 1. The molecule has 0 aliphatic carbocycles. The number of hydrogen-bond acceptors (Lipinski definition) is 3. The van der Waals surface area contributed by atoms with Crippen molar-refractivity contribution in [3.63, 3.8) is 0 Å². The van der Waals surface area contributed by atoms with Gasteiger partial charge in [0.15, 0.2) is 5.82 Å². The van der Waals surface area contributed by atoms with Crippen molar-refractivity contribution in [2.75, 3.05) is 5.32 Å². The quantitative estimate of drug-likeness (QED) is 0.711. The van der Waals surface area contributed by atoms with E-state index in [4.69, 9.17) is 0 Å². The lowest BCUT2D eigenvalue weighted by Crippen LogP contribution is -2.21. The molecule has 1 aliphatic heterocycles. The molecular formula is C18H17N3OS. The molecule has 2 aromatic carbocycles. The number of aromatic amines is 1. The molecule has 23 heavy (non-hydrogen) atoms. The van der Waals surface area contributed by atoms with Gasteiger partial charge in [0, 0.05) is 11.3 Å². The average Bonchev–Trinajstić information content (AvgIpc) is 2.86. The van der Waals surface area contributed by atoms with Gasteiger partial charge in [-0.2, -0.15) is 5.10 Å². The highest BCUT2D eigenvalue weighted by Gasteiger charge is 2.32. The van der Waals surface area contributed by atoms with Crippen LogP contribution in [0.5, 0.6) is 0 Å². The zero-order valence-corrected chi connectivity index (χ0v) is 13.8. The summed E-state index contributed by atoms with van der Waals surface area (Å²) in [6.45, 7) is 3.95. The molecule has 0 saturated carbocycles. The highest BCUT2D eigenvalue weighted by molar-refractivity contribution is 8.01. The summed E-state index contributed by atoms with van der Waals surface area (Å²) in [6, 6.07) is 14.7. The first-order valence-electron chi connectivity index (χ1n) is 7.64. The van der Waals surface area contributed by atoms with E-state index in [-0.39, 0.29) is 16.4 Å². The number of nitrogens with one attached hydrogen (secondary N) is 2. The lowest BCUT2D eigenvalue weighted by molar-refractivity contribution is -0.115. The van der Waals surface area contributed by atoms with E-state index in [1.54, 1.807) is 11.8 Å². The van der Waals surface area contributed by atoms with Crippen LogP contribution in [0.2, 0.25) is 0 Å². The van der Waals surface area contributed by atoms with Gasteiger partial charge in [-0.3, -0.25) is 9.89 Å². The molecule has 3 aromatic rings. The SMILES string of the molecule is Cc1[nH]nc2c1C(c1cccc3ccccc13)SC(C)C(=O)N2. The highest BCUT2D eigenvalue weighted by Crippen LogP contribution is 2.46. The van der Waals surface area contributed by atoms with Crippen LogP contribution >= 0.6 is 11.8 Å². The van der Waals surface area contributed by atoms with Crippen LogP contribution in [0.3, 0.4) is 0 Å². The van der Waals surface area contributed by atoms with Crippen LogP contribution in [0.25, 0.3) is 10.8 Å². The van der Waals surface area contributed by atoms with Crippen molar-refractivity contribution in [1.29, 1.82) is 0 Å². The van der Waals surface area contributed by atoms with E-state index < -0.39 is 0 Å². The standard InChI is InChI=1S/C18H17N3OS/c1-10-15-16(23-11(2)18(22)19-17(15)21-20-10)14-9-5-7-12-6-3-4-8-13(12)14/h3-9,11,16H,1-2H3,(H2,19,20,21,22). The van der Waals surface area contributed by atoms with Crippen LogP contribution in [0.4, 0.5) is 5.82 Å². The Balaban J connectivity index is 1.96. The van der Waals surface area contributed by atoms with Gasteiger partial charge in [-0.15, -0.1) is 11.8 Å². The summed E-state index contributed by atoms with van der Waals surface area (Å²) in [5.41, 5.74) is 3.30. The van der Waals surface area contributed by atoms with E-state index in [2.05, 4.69) is 58.0 Å². The summed E-state index contributed by atoms with van der Waals surface area (Å²) >= 11 is 1.67. The number of carbonyl (C=O) groups excluding carboxylic acids is 1. The van der Waals surface area contributed by atoms with Crippen molar-refractivity contribution in [2.45, 2.75) is 24.3 Å². The predicted octanol–water partition coefficient (Wildman–Crippen LogP) is 4.03. The Bertz CT molecular complexity index is 897. The molecule has 2 atom stereocenters. The van der Waals surface area contributed by atoms with Crippen LogP contribution in [0.15, 0.2) is 42.5 Å². The third-order valence-corrected chi connectivity index (χ3v) is 5.70. The zero-order chi connectivity index (χ0) is 16.0. The van der Waals surface area contributed by atoms with Gasteiger partial charge in [0.25, 0.3) is 0 Å². The van der Waals surface area contributed by atoms with Crippen molar-refractivity contribution < 1.29 is 4.79 Å². The first kappa shape index (κ1) is 14.3. The number of aromatic nitrogens is 2. The molecule has 0 saturated heterocycles. The Morgan fingerprint density at radius 2 is 1.91 bits per heavy atom. The van der Waals surface area contributed by atoms with Crippen molar-refractivity contribution in [2.24, 2.45) is 0 Å². The molecule has 0 bridgehead atoms. The predicted molar refractivity (Wildman–Crippen MR) is 94.8 cm³/mol. The molecule has 2 heterocycles. The minimum absolute atomic E-state index is 0.00508. The Labute approximate surface area is 138 Å². The number of nitrogens with zero attached hydrogens (tertiary/aromatic N) is 1. The molecular weight excluding hydrogens is 306 g/mol. The van der Waals surface area contributed by atoms with Gasteiger partial charge < -0.3 is 5.32 Å². The maximum absolute atomic E-state index is 12.2. The zero-order valence-electron chi connectivity index (χ0n) is 13.0. The number of hydrogen-bond donors (Lipinski definition) is 2. The molecule has 4 nitrogen and oxygen atoms in total. The van der Waals surface area contributed by atoms with Crippen LogP contribution in [-0.4, -0.2) is 21.4 Å². The third-order valence-electron chi connectivity index (χ3n) is 4.31. The minimum atomic E-state index is -0.132. The fourth-order valence-electron chi connectivity index (χ4n) is 3.11. The van der Waals surface area contributed by atoms with E-state index >= 15 is 0 Å². The number of fused-ring (bicyclic) bond motifs is 2. The molecule has 1 aliphatic rings. The van der Waals surface area contributed by atoms with Crippen molar-refractivity contribution in [3.8, 4) is 0 Å². The molecule has 4 rings (SSSR count). The molecule has 0 fully saturated rings. The number of benzene rings is 2. The van der Waals surface area contributed by atoms with Crippen molar-refractivity contribution in [3.05, 3.63) is 59.3 Å². The number of anilines is 1. The molecule has 116 valence electrons. The first-order chi connectivity index (χ1) is 11.1. The fourth-order valence-corrected chi connectivity index (χ4v) is 4.48. The molecule has 1 amide bonds. The Morgan fingerprint density at radius 1 is 1.13 bits per heavy atom. The van der Waals surface area contributed by atoms with Gasteiger partial charge in [0.1, 0.15) is 0 Å². The molecule has 0 radical (unpaired) electrons. The molecule has 2 unspecified atom stereocenters. The maximum Gasteiger partial charge on any atom is 0.238 e. The Morgan fingerprint density at radius 3 is 2.78 bits per heavy atom. The normalized spacial score (nSPS) is 20.9. The second kappa shape index (κ2) is 5.42. The summed E-state index contributed by atoms with van der Waals surface area (Å²) in [4.78, 5) is 12.2. The van der Waals surface area contributed by atoms with E-state index in [1.165, 1.54) is 16.3 Å². The third kappa shape index (κ3) is 2.32. The van der Waals surface area contributed by atoms with Gasteiger partial charge >= 0.3 is 0 Å². The van der Waals surface area contributed by atoms with Gasteiger partial charge in [-0.1, -0.05) is 42.5 Å². The topological polar surface area (TPSA) is 57.8 Å². The molecule has 2 N–H and O–H groups in total. The van der Waals surface area contributed by atoms with E-state index in [1.807, 2.05) is 13.8 Å². The maximum atomic E-state index is 12.2. The Hall–Kier alpha value is -2.27. The molecule has 0 spiro atoms. The summed E-state index contributed by atoms with van der Waals surface area (Å²) in [5.74, 6) is 0.660. The van der Waals surface area contributed by atoms with Gasteiger partial charge in [0.2, 0.25) is 5.91 Å². The van der Waals surface area contributed by atoms with Crippen molar-refractivity contribution in [1.82, 2.24) is 10.2 Å². The van der Waals surface area contributed by atoms with Gasteiger partial charge in [0.05, 0.1) is 10.5 Å². The first-order valence-corrected chi connectivity index (χ1v) is 8.58. The van der Waals surface area contributed by atoms with E-state index in [0.717, 1.165) is 11.3 Å². The molecule has 1 aromatic heterocycles. The number of amides is 1. The van der Waals surface area contributed by atoms with Crippen LogP contribution in [-0.2, 0) is 4.79 Å². The van der Waals surface area contributed by atoms with E-state index in [9.17, 15) is 4.79 Å². The highest BCUT2D eigenvalue weighted by atomic mass is 32.2. The summed E-state index contributed by atoms with van der Waals surface area (Å²) in [6.07, 6.45) is 0. The molecule has 5 heteroatoms. The second-order valence-electron chi connectivity index (χ2n) is 5.83. The number of carbonyl (C=O) groups is 1. The van der Waals surface area contributed by atoms with Crippen LogP contribution in [0.1, 0.15) is 29.0 Å². The second-order valence-corrected chi connectivity index (χ2v) is 7.28. The summed E-state index contributed by atoms with van der Waals surface area (Å²) < 4.78 is 0. The van der Waals surface area contributed by atoms with Crippen LogP contribution in [0, 0.1) is 6.92 Å². The monoisotopic (exact) mass is 323 g/mol. The smallest absolute Gasteiger partial charge is 0.238 e. The number of rotatable bonds is 1. The Kier molecular flexibility index (Phi) is 3.38. The number of aryl methyl sites for hydroxylation is 1. The van der Waals surface area contributed by atoms with E-state index in [0.29, 0.717) is 5.82 Å². The lowest BCUT2D eigenvalue weighted by atomic mass is 9.98. The van der Waals surface area contributed by atoms with Gasteiger partial charge in [-0.05, 0) is 30.2 Å². The number of thioether (sulfide) groups is 1. The minimum Gasteiger partial charge on any atom is -0.308 e. The van der Waals surface area contributed by atoms with Crippen molar-refractivity contribution >= 4 is 34.3 Å². The summed E-state index contributed by atoms with van der Waals surface area (Å²) in [5, 5.41) is 12.6. The summed E-state index contributed by atoms with van der Waals surface area (Å²) in [7, 11) is 0. The van der Waals surface area contributed by atoms with Gasteiger partial charge in [-0.25, -0.2) is 0 Å². The fraction of sp³-hybridized carbons (Fsp3) is 0.222.